The van der Waals surface area contributed by atoms with Crippen LogP contribution < -0.4 is 11.2 Å². The van der Waals surface area contributed by atoms with E-state index < -0.39 is 0 Å². The van der Waals surface area contributed by atoms with E-state index >= 15 is 0 Å². The highest BCUT2D eigenvalue weighted by Gasteiger charge is 2.02. The third-order valence-corrected chi connectivity index (χ3v) is 1.59. The molecule has 0 saturated heterocycles. The molecule has 56 valence electrons. The van der Waals surface area contributed by atoms with Gasteiger partial charge in [-0.25, -0.2) is 0 Å². The fourth-order valence-electron chi connectivity index (χ4n) is 0.975. The first kappa shape index (κ1) is 7.86. The van der Waals surface area contributed by atoms with Crippen LogP contribution in [0, 0.1) is 0 Å². The first-order valence-corrected chi connectivity index (χ1v) is 3.48. The standard InChI is InChI=1S/C8H10BNO/c1-5(11)7-4-6(9)2-3-8(7)10/h2-4H,9-10H2,1H3. The number of hydrogen-bond donors (Lipinski definition) is 1. The van der Waals surface area contributed by atoms with Crippen LogP contribution in [0.1, 0.15) is 17.3 Å². The second kappa shape index (κ2) is 2.78. The predicted molar refractivity (Wildman–Crippen MR) is 49.0 cm³/mol. The van der Waals surface area contributed by atoms with Crippen molar-refractivity contribution >= 4 is 24.8 Å². The normalized spacial score (nSPS) is 9.55. The maximum atomic E-state index is 10.9. The van der Waals surface area contributed by atoms with E-state index in [0.29, 0.717) is 11.3 Å². The van der Waals surface area contributed by atoms with Crippen LogP contribution in [0.25, 0.3) is 0 Å². The predicted octanol–water partition coefficient (Wildman–Crippen LogP) is -0.270. The van der Waals surface area contributed by atoms with Crippen LogP contribution in [0.5, 0.6) is 0 Å². The lowest BCUT2D eigenvalue weighted by atomic mass is 9.93. The highest BCUT2D eigenvalue weighted by molar-refractivity contribution is 6.32. The van der Waals surface area contributed by atoms with Crippen molar-refractivity contribution in [3.8, 4) is 0 Å². The molecule has 0 aliphatic rings. The Morgan fingerprint density at radius 1 is 1.55 bits per heavy atom. The zero-order chi connectivity index (χ0) is 8.43. The SMILES string of the molecule is Bc1ccc(N)c(C(C)=O)c1. The molecule has 0 aromatic heterocycles. The first-order valence-electron chi connectivity index (χ1n) is 3.48. The summed E-state index contributed by atoms with van der Waals surface area (Å²) in [5.74, 6) is 0.0196. The van der Waals surface area contributed by atoms with Crippen molar-refractivity contribution in [3.05, 3.63) is 23.8 Å². The number of carbonyl (C=O) groups excluding carboxylic acids is 1. The summed E-state index contributed by atoms with van der Waals surface area (Å²) in [7, 11) is 1.94. The first-order chi connectivity index (χ1) is 5.11. The lowest BCUT2D eigenvalue weighted by molar-refractivity contribution is 0.101. The van der Waals surface area contributed by atoms with Crippen LogP contribution in [-0.2, 0) is 0 Å². The number of rotatable bonds is 1. The van der Waals surface area contributed by atoms with Crippen molar-refractivity contribution in [2.75, 3.05) is 5.73 Å². The summed E-state index contributed by atoms with van der Waals surface area (Å²) in [6.45, 7) is 1.52. The average molecular weight is 147 g/mol. The van der Waals surface area contributed by atoms with Crippen molar-refractivity contribution in [2.24, 2.45) is 0 Å². The summed E-state index contributed by atoms with van der Waals surface area (Å²) in [6, 6.07) is 5.45. The second-order valence-corrected chi connectivity index (χ2v) is 2.65. The Labute approximate surface area is 66.8 Å². The van der Waals surface area contributed by atoms with Gasteiger partial charge in [0.1, 0.15) is 7.85 Å². The third kappa shape index (κ3) is 1.61. The van der Waals surface area contributed by atoms with E-state index in [1.54, 1.807) is 12.1 Å². The largest absolute Gasteiger partial charge is 0.398 e. The van der Waals surface area contributed by atoms with Gasteiger partial charge in [0, 0.05) is 11.3 Å². The van der Waals surface area contributed by atoms with Crippen LogP contribution in [0.15, 0.2) is 18.2 Å². The Balaban J connectivity index is 3.23. The minimum atomic E-state index is 0.0196. The molecule has 0 bridgehead atoms. The number of Topliss-reactive ketones (excluding diaryl/α,β-unsaturated/α-hetero) is 1. The van der Waals surface area contributed by atoms with Crippen LogP contribution in [0.2, 0.25) is 0 Å². The van der Waals surface area contributed by atoms with Crippen molar-refractivity contribution in [2.45, 2.75) is 6.92 Å². The molecule has 11 heavy (non-hydrogen) atoms. The molecule has 0 heterocycles. The van der Waals surface area contributed by atoms with Crippen LogP contribution >= 0.6 is 0 Å². The molecule has 1 aromatic carbocycles. The van der Waals surface area contributed by atoms with Crippen molar-refractivity contribution in [3.63, 3.8) is 0 Å². The molecule has 0 spiro atoms. The molecule has 3 heteroatoms. The second-order valence-electron chi connectivity index (χ2n) is 2.65. The van der Waals surface area contributed by atoms with Gasteiger partial charge in [-0.15, -0.1) is 0 Å². The van der Waals surface area contributed by atoms with Crippen LogP contribution in [0.4, 0.5) is 5.69 Å². The number of benzene rings is 1. The van der Waals surface area contributed by atoms with Crippen LogP contribution in [0.3, 0.4) is 0 Å². The lowest BCUT2D eigenvalue weighted by Crippen LogP contribution is -2.08. The van der Waals surface area contributed by atoms with Gasteiger partial charge in [0.25, 0.3) is 0 Å². The molecule has 0 radical (unpaired) electrons. The molecular weight excluding hydrogens is 137 g/mol. The smallest absolute Gasteiger partial charge is 0.161 e. The van der Waals surface area contributed by atoms with E-state index in [0.717, 1.165) is 5.46 Å². The monoisotopic (exact) mass is 147 g/mol. The van der Waals surface area contributed by atoms with Gasteiger partial charge in [0.05, 0.1) is 0 Å². The van der Waals surface area contributed by atoms with E-state index in [1.807, 2.05) is 13.9 Å². The highest BCUT2D eigenvalue weighted by Crippen LogP contribution is 2.08. The minimum absolute atomic E-state index is 0.0196. The quantitative estimate of drug-likeness (QED) is 0.337. The molecule has 0 saturated carbocycles. The molecule has 1 aromatic rings. The number of anilines is 1. The Morgan fingerprint density at radius 2 is 2.18 bits per heavy atom. The Bertz CT molecular complexity index is 296. The van der Waals surface area contributed by atoms with Gasteiger partial charge in [0.2, 0.25) is 0 Å². The summed E-state index contributed by atoms with van der Waals surface area (Å²) < 4.78 is 0. The molecule has 0 aliphatic carbocycles. The molecule has 0 unspecified atom stereocenters. The number of hydrogen-bond acceptors (Lipinski definition) is 2. The van der Waals surface area contributed by atoms with Crippen molar-refractivity contribution < 1.29 is 4.79 Å². The number of ketones is 1. The zero-order valence-electron chi connectivity index (χ0n) is 6.72. The molecular formula is C8H10BNO. The molecule has 0 atom stereocenters. The van der Waals surface area contributed by atoms with E-state index in [-0.39, 0.29) is 5.78 Å². The van der Waals surface area contributed by atoms with Gasteiger partial charge in [0.15, 0.2) is 5.78 Å². The lowest BCUT2D eigenvalue weighted by Gasteiger charge is -2.01. The molecule has 2 nitrogen and oxygen atoms in total. The van der Waals surface area contributed by atoms with Gasteiger partial charge in [-0.05, 0) is 13.0 Å². The summed E-state index contributed by atoms with van der Waals surface area (Å²) in [4.78, 5) is 10.9. The van der Waals surface area contributed by atoms with Gasteiger partial charge in [-0.3, -0.25) is 4.79 Å². The van der Waals surface area contributed by atoms with Gasteiger partial charge in [-0.1, -0.05) is 17.6 Å². The fraction of sp³-hybridized carbons (Fsp3) is 0.125. The number of nitrogens with two attached hydrogens (primary N) is 1. The summed E-state index contributed by atoms with van der Waals surface area (Å²) >= 11 is 0. The highest BCUT2D eigenvalue weighted by atomic mass is 16.1. The average Bonchev–Trinajstić information content (AvgIpc) is 1.94. The van der Waals surface area contributed by atoms with Crippen LogP contribution in [-0.4, -0.2) is 13.6 Å². The Hall–Kier alpha value is -1.25. The summed E-state index contributed by atoms with van der Waals surface area (Å²) in [6.07, 6.45) is 0. The summed E-state index contributed by atoms with van der Waals surface area (Å²) in [5.41, 5.74) is 7.80. The Kier molecular flexibility index (Phi) is 1.99. The van der Waals surface area contributed by atoms with E-state index in [9.17, 15) is 4.79 Å². The van der Waals surface area contributed by atoms with E-state index in [1.165, 1.54) is 6.92 Å². The molecule has 0 amide bonds. The molecule has 2 N–H and O–H groups in total. The Morgan fingerprint density at radius 3 is 2.64 bits per heavy atom. The maximum Gasteiger partial charge on any atom is 0.161 e. The van der Waals surface area contributed by atoms with E-state index in [4.69, 9.17) is 5.73 Å². The maximum absolute atomic E-state index is 10.9. The van der Waals surface area contributed by atoms with Crippen molar-refractivity contribution in [1.29, 1.82) is 0 Å². The molecule has 0 fully saturated rings. The minimum Gasteiger partial charge on any atom is -0.398 e. The zero-order valence-corrected chi connectivity index (χ0v) is 6.72. The van der Waals surface area contributed by atoms with Crippen molar-refractivity contribution in [1.82, 2.24) is 0 Å². The summed E-state index contributed by atoms with van der Waals surface area (Å²) in [5, 5.41) is 0. The number of carbonyl (C=O) groups is 1. The topological polar surface area (TPSA) is 43.1 Å². The molecule has 0 aliphatic heterocycles. The molecule has 1 rings (SSSR count). The van der Waals surface area contributed by atoms with E-state index in [2.05, 4.69) is 0 Å². The van der Waals surface area contributed by atoms with Gasteiger partial charge < -0.3 is 5.73 Å². The number of nitrogen functional groups attached to an aromatic ring is 1. The fourth-order valence-corrected chi connectivity index (χ4v) is 0.975. The third-order valence-electron chi connectivity index (χ3n) is 1.59. The van der Waals surface area contributed by atoms with Gasteiger partial charge in [-0.2, -0.15) is 0 Å². The van der Waals surface area contributed by atoms with Gasteiger partial charge >= 0.3 is 0 Å².